The fourth-order valence-electron chi connectivity index (χ4n) is 2.80. The van der Waals surface area contributed by atoms with Gasteiger partial charge in [0.1, 0.15) is 24.7 Å². The Balaban J connectivity index is 1.72. The third-order valence-electron chi connectivity index (χ3n) is 4.43. The van der Waals surface area contributed by atoms with Gasteiger partial charge in [-0.2, -0.15) is 0 Å². The molecule has 1 aliphatic rings. The third kappa shape index (κ3) is 5.95. The molecule has 0 spiro atoms. The molecule has 0 unspecified atom stereocenters. The van der Waals surface area contributed by atoms with Crippen LogP contribution in [0.4, 0.5) is 9.18 Å². The lowest BCUT2D eigenvalue weighted by Gasteiger charge is -2.13. The van der Waals surface area contributed by atoms with Crippen molar-refractivity contribution in [2.75, 3.05) is 13.1 Å². The SMILES string of the molecule is CC(C)CNC(=O)CN1C(=O)S/C(=C\c2ccccc2OCc2ccccc2F)C1=O. The Morgan fingerprint density at radius 1 is 1.16 bits per heavy atom. The summed E-state index contributed by atoms with van der Waals surface area (Å²) >= 11 is 0.772. The van der Waals surface area contributed by atoms with Gasteiger partial charge in [0, 0.05) is 17.7 Å². The Hall–Kier alpha value is -3.13. The van der Waals surface area contributed by atoms with Crippen LogP contribution in [0.15, 0.2) is 53.4 Å². The molecule has 1 heterocycles. The highest BCUT2D eigenvalue weighted by molar-refractivity contribution is 8.18. The number of thioether (sulfide) groups is 1. The van der Waals surface area contributed by atoms with Crippen molar-refractivity contribution in [2.24, 2.45) is 5.92 Å². The zero-order valence-electron chi connectivity index (χ0n) is 17.3. The first-order valence-corrected chi connectivity index (χ1v) is 10.6. The molecule has 0 aromatic heterocycles. The summed E-state index contributed by atoms with van der Waals surface area (Å²) in [5, 5.41) is 2.20. The monoisotopic (exact) mass is 442 g/mol. The van der Waals surface area contributed by atoms with Crippen molar-refractivity contribution >= 4 is 34.9 Å². The maximum Gasteiger partial charge on any atom is 0.294 e. The molecule has 1 aliphatic heterocycles. The Morgan fingerprint density at radius 2 is 1.87 bits per heavy atom. The molecule has 0 saturated carbocycles. The van der Waals surface area contributed by atoms with Crippen molar-refractivity contribution in [3.05, 3.63) is 70.4 Å². The molecule has 0 atom stereocenters. The standard InChI is InChI=1S/C23H23FN2O4S/c1-15(2)12-25-21(27)13-26-22(28)20(31-23(26)29)11-16-7-4-6-10-19(16)30-14-17-8-3-5-9-18(17)24/h3-11,15H,12-14H2,1-2H3,(H,25,27)/b20-11-. The molecular formula is C23H23FN2O4S. The molecule has 31 heavy (non-hydrogen) atoms. The predicted octanol–water partition coefficient (Wildman–Crippen LogP) is 4.21. The minimum Gasteiger partial charge on any atom is -0.488 e. The van der Waals surface area contributed by atoms with Crippen molar-refractivity contribution in [2.45, 2.75) is 20.5 Å². The Morgan fingerprint density at radius 3 is 2.61 bits per heavy atom. The average Bonchev–Trinajstić information content (AvgIpc) is 3.00. The van der Waals surface area contributed by atoms with Gasteiger partial charge in [-0.3, -0.25) is 19.3 Å². The van der Waals surface area contributed by atoms with Crippen LogP contribution in [-0.4, -0.2) is 35.0 Å². The van der Waals surface area contributed by atoms with E-state index in [2.05, 4.69) is 5.32 Å². The second-order valence-corrected chi connectivity index (χ2v) is 8.38. The average molecular weight is 443 g/mol. The lowest BCUT2D eigenvalue weighted by molar-refractivity contribution is -0.129. The van der Waals surface area contributed by atoms with Gasteiger partial charge < -0.3 is 10.1 Å². The highest BCUT2D eigenvalue weighted by Gasteiger charge is 2.36. The van der Waals surface area contributed by atoms with Crippen LogP contribution in [0.5, 0.6) is 5.75 Å². The van der Waals surface area contributed by atoms with Crippen molar-refractivity contribution in [1.82, 2.24) is 10.2 Å². The van der Waals surface area contributed by atoms with Crippen LogP contribution in [0, 0.1) is 11.7 Å². The molecule has 8 heteroatoms. The number of amides is 3. The van der Waals surface area contributed by atoms with E-state index in [0.29, 0.717) is 23.4 Å². The zero-order valence-corrected chi connectivity index (χ0v) is 18.1. The van der Waals surface area contributed by atoms with E-state index in [9.17, 15) is 18.8 Å². The summed E-state index contributed by atoms with van der Waals surface area (Å²) in [4.78, 5) is 38.1. The number of nitrogens with zero attached hydrogens (tertiary/aromatic N) is 1. The first-order chi connectivity index (χ1) is 14.8. The van der Waals surface area contributed by atoms with Gasteiger partial charge in [-0.1, -0.05) is 50.2 Å². The molecule has 1 saturated heterocycles. The summed E-state index contributed by atoms with van der Waals surface area (Å²) in [5.74, 6) is -0.562. The van der Waals surface area contributed by atoms with Gasteiger partial charge in [-0.05, 0) is 35.9 Å². The number of imide groups is 1. The summed E-state index contributed by atoms with van der Waals surface area (Å²) in [6.07, 6.45) is 1.55. The van der Waals surface area contributed by atoms with Crippen LogP contribution in [0.2, 0.25) is 0 Å². The van der Waals surface area contributed by atoms with Crippen molar-refractivity contribution < 1.29 is 23.5 Å². The molecule has 3 amide bonds. The van der Waals surface area contributed by atoms with E-state index in [1.807, 2.05) is 13.8 Å². The van der Waals surface area contributed by atoms with Gasteiger partial charge in [-0.25, -0.2) is 4.39 Å². The van der Waals surface area contributed by atoms with E-state index in [0.717, 1.165) is 16.7 Å². The van der Waals surface area contributed by atoms with Crippen LogP contribution in [0.25, 0.3) is 6.08 Å². The van der Waals surface area contributed by atoms with E-state index in [1.54, 1.807) is 48.5 Å². The van der Waals surface area contributed by atoms with E-state index in [1.165, 1.54) is 6.07 Å². The zero-order chi connectivity index (χ0) is 22.4. The Kier molecular flexibility index (Phi) is 7.46. The van der Waals surface area contributed by atoms with Crippen molar-refractivity contribution in [1.29, 1.82) is 0 Å². The molecular weight excluding hydrogens is 419 g/mol. The van der Waals surface area contributed by atoms with Crippen LogP contribution in [-0.2, 0) is 16.2 Å². The van der Waals surface area contributed by atoms with E-state index in [4.69, 9.17) is 4.74 Å². The normalized spacial score (nSPS) is 15.1. The van der Waals surface area contributed by atoms with E-state index >= 15 is 0 Å². The summed E-state index contributed by atoms with van der Waals surface area (Å²) in [6, 6.07) is 13.3. The van der Waals surface area contributed by atoms with Gasteiger partial charge in [-0.15, -0.1) is 0 Å². The molecule has 3 rings (SSSR count). The van der Waals surface area contributed by atoms with E-state index < -0.39 is 11.1 Å². The first-order valence-electron chi connectivity index (χ1n) is 9.82. The number of halogens is 1. The number of hydrogen-bond acceptors (Lipinski definition) is 5. The van der Waals surface area contributed by atoms with Crippen molar-refractivity contribution in [3.63, 3.8) is 0 Å². The molecule has 6 nitrogen and oxygen atoms in total. The first kappa shape index (κ1) is 22.6. The minimum atomic E-state index is -0.529. The number of carbonyl (C=O) groups is 3. The van der Waals surface area contributed by atoms with Crippen molar-refractivity contribution in [3.8, 4) is 5.75 Å². The number of hydrogen-bond donors (Lipinski definition) is 1. The molecule has 2 aromatic carbocycles. The van der Waals surface area contributed by atoms with Gasteiger partial charge in [0.25, 0.3) is 11.1 Å². The summed E-state index contributed by atoms with van der Waals surface area (Å²) in [7, 11) is 0. The van der Waals surface area contributed by atoms with Crippen LogP contribution < -0.4 is 10.1 Å². The topological polar surface area (TPSA) is 75.7 Å². The second kappa shape index (κ2) is 10.3. The third-order valence-corrected chi connectivity index (χ3v) is 5.34. The minimum absolute atomic E-state index is 0.0228. The highest BCUT2D eigenvalue weighted by Crippen LogP contribution is 2.34. The molecule has 162 valence electrons. The largest absolute Gasteiger partial charge is 0.488 e. The number of para-hydroxylation sites is 1. The number of rotatable bonds is 8. The van der Waals surface area contributed by atoms with Crippen LogP contribution in [0.3, 0.4) is 0 Å². The lowest BCUT2D eigenvalue weighted by atomic mass is 10.1. The maximum atomic E-state index is 13.8. The molecule has 0 radical (unpaired) electrons. The predicted molar refractivity (Wildman–Crippen MR) is 118 cm³/mol. The van der Waals surface area contributed by atoms with Gasteiger partial charge in [0.05, 0.1) is 4.91 Å². The summed E-state index contributed by atoms with van der Waals surface area (Å²) in [5.41, 5.74) is 0.985. The quantitative estimate of drug-likeness (QED) is 0.620. The lowest BCUT2D eigenvalue weighted by Crippen LogP contribution is -2.40. The van der Waals surface area contributed by atoms with Gasteiger partial charge in [0.15, 0.2) is 0 Å². The number of carbonyl (C=O) groups excluding carboxylic acids is 3. The molecule has 1 fully saturated rings. The van der Waals surface area contributed by atoms with Crippen LogP contribution >= 0.6 is 11.8 Å². The summed E-state index contributed by atoms with van der Waals surface area (Å²) in [6.45, 7) is 4.08. The number of nitrogens with one attached hydrogen (secondary N) is 1. The summed E-state index contributed by atoms with van der Waals surface area (Å²) < 4.78 is 19.6. The smallest absolute Gasteiger partial charge is 0.294 e. The van der Waals surface area contributed by atoms with Crippen LogP contribution in [0.1, 0.15) is 25.0 Å². The van der Waals surface area contributed by atoms with Gasteiger partial charge >= 0.3 is 0 Å². The molecule has 1 N–H and O–H groups in total. The maximum absolute atomic E-state index is 13.8. The molecule has 0 aliphatic carbocycles. The Bertz CT molecular complexity index is 1020. The molecule has 2 aromatic rings. The second-order valence-electron chi connectivity index (χ2n) is 7.38. The fraction of sp³-hybridized carbons (Fsp3) is 0.261. The fourth-order valence-corrected chi connectivity index (χ4v) is 3.63. The number of ether oxygens (including phenoxy) is 1. The number of benzene rings is 2. The van der Waals surface area contributed by atoms with Gasteiger partial charge in [0.2, 0.25) is 5.91 Å². The highest BCUT2D eigenvalue weighted by atomic mass is 32.2. The van der Waals surface area contributed by atoms with E-state index in [-0.39, 0.29) is 35.7 Å². The molecule has 0 bridgehead atoms. The Labute approximate surface area is 184 Å².